The molecule has 1 rings (SSSR count). The van der Waals surface area contributed by atoms with E-state index in [9.17, 15) is 9.59 Å². The first kappa shape index (κ1) is 17.4. The van der Waals surface area contributed by atoms with Crippen LogP contribution in [0.5, 0.6) is 0 Å². The van der Waals surface area contributed by atoms with Gasteiger partial charge in [0.1, 0.15) is 6.04 Å². The van der Waals surface area contributed by atoms with E-state index in [-0.39, 0.29) is 17.6 Å². The van der Waals surface area contributed by atoms with Crippen molar-refractivity contribution < 1.29 is 14.0 Å². The number of hydrogen-bond acceptors (Lipinski definition) is 7. The minimum absolute atomic E-state index is 0.118. The molecule has 1 heterocycles. The van der Waals surface area contributed by atoms with Gasteiger partial charge in [-0.25, -0.2) is 0 Å². The first-order chi connectivity index (χ1) is 9.92. The lowest BCUT2D eigenvalue weighted by molar-refractivity contribution is -0.127. The van der Waals surface area contributed by atoms with Crippen molar-refractivity contribution >= 4 is 23.6 Å². The van der Waals surface area contributed by atoms with Crippen LogP contribution in [0.15, 0.2) is 9.64 Å². The first-order valence-electron chi connectivity index (χ1n) is 6.59. The highest BCUT2D eigenvalue weighted by Gasteiger charge is 2.16. The Labute approximate surface area is 128 Å². The fraction of sp³-hybridized carbons (Fsp3) is 0.667. The Bertz CT molecular complexity index is 477. The van der Waals surface area contributed by atoms with E-state index in [4.69, 9.17) is 4.42 Å². The first-order valence-corrected chi connectivity index (χ1v) is 7.58. The van der Waals surface area contributed by atoms with E-state index in [0.717, 1.165) is 11.8 Å². The summed E-state index contributed by atoms with van der Waals surface area (Å²) < 4.78 is 5.38. The van der Waals surface area contributed by atoms with Crippen molar-refractivity contribution in [2.24, 2.45) is 0 Å². The maximum absolute atomic E-state index is 11.7. The minimum Gasteiger partial charge on any atom is -0.415 e. The Balaban J connectivity index is 2.35. The molecule has 0 saturated heterocycles. The number of likely N-dealkylation sites (N-methyl/N-ethyl adjacent to an activating group) is 1. The molecule has 0 aliphatic heterocycles. The molecule has 0 aliphatic rings. The smallest absolute Gasteiger partial charge is 0.277 e. The summed E-state index contributed by atoms with van der Waals surface area (Å²) in [5.74, 6) is 0.152. The van der Waals surface area contributed by atoms with Crippen molar-refractivity contribution in [3.8, 4) is 0 Å². The Morgan fingerprint density at radius 3 is 2.71 bits per heavy atom. The fourth-order valence-electron chi connectivity index (χ4n) is 1.43. The molecule has 0 aromatic carbocycles. The van der Waals surface area contributed by atoms with Crippen molar-refractivity contribution in [1.82, 2.24) is 25.7 Å². The molecule has 0 radical (unpaired) electrons. The Morgan fingerprint density at radius 1 is 1.38 bits per heavy atom. The second-order valence-electron chi connectivity index (χ2n) is 4.67. The van der Waals surface area contributed by atoms with Crippen LogP contribution in [-0.4, -0.2) is 59.3 Å². The number of nitrogens with zero attached hydrogens (tertiary/aromatic N) is 3. The molecule has 8 nitrogen and oxygen atoms in total. The summed E-state index contributed by atoms with van der Waals surface area (Å²) >= 11 is 1.14. The topological polar surface area (TPSA) is 100 Å². The van der Waals surface area contributed by atoms with Crippen molar-refractivity contribution in [3.05, 3.63) is 5.89 Å². The minimum atomic E-state index is -0.565. The molecule has 9 heteroatoms. The predicted molar refractivity (Wildman–Crippen MR) is 78.7 cm³/mol. The van der Waals surface area contributed by atoms with Crippen LogP contribution >= 0.6 is 11.8 Å². The molecule has 0 aliphatic carbocycles. The maximum atomic E-state index is 11.7. The summed E-state index contributed by atoms with van der Waals surface area (Å²) in [6.07, 6.45) is 0. The average Bonchev–Trinajstić information content (AvgIpc) is 2.83. The van der Waals surface area contributed by atoms with Gasteiger partial charge in [-0.3, -0.25) is 9.59 Å². The van der Waals surface area contributed by atoms with Crippen molar-refractivity contribution in [2.45, 2.75) is 31.7 Å². The van der Waals surface area contributed by atoms with Crippen molar-refractivity contribution in [1.29, 1.82) is 0 Å². The second-order valence-corrected chi connectivity index (χ2v) is 5.60. The molecule has 0 bridgehead atoms. The van der Waals surface area contributed by atoms with Gasteiger partial charge in [0.05, 0.1) is 12.3 Å². The monoisotopic (exact) mass is 315 g/mol. The highest BCUT2D eigenvalue weighted by molar-refractivity contribution is 7.99. The molecule has 2 N–H and O–H groups in total. The zero-order valence-corrected chi connectivity index (χ0v) is 13.5. The molecule has 118 valence electrons. The standard InChI is InChI=1S/C12H21N5O3S/c1-5-13-11(19)8(2)14-9(18)7-21-12-16-15-10(20-12)6-17(3)4/h8H,5-7H2,1-4H3,(H,13,19)(H,14,18)/t8-/m1/s1. The van der Waals surface area contributed by atoms with Crippen LogP contribution in [0.1, 0.15) is 19.7 Å². The van der Waals surface area contributed by atoms with E-state index in [1.54, 1.807) is 6.92 Å². The lowest BCUT2D eigenvalue weighted by Crippen LogP contribution is -2.45. The van der Waals surface area contributed by atoms with Gasteiger partial charge in [0.2, 0.25) is 17.7 Å². The molecule has 0 unspecified atom stereocenters. The number of rotatable bonds is 8. The number of hydrogen-bond donors (Lipinski definition) is 2. The number of aromatic nitrogens is 2. The van der Waals surface area contributed by atoms with Gasteiger partial charge >= 0.3 is 0 Å². The number of carbonyl (C=O) groups excluding carboxylic acids is 2. The molecule has 21 heavy (non-hydrogen) atoms. The van der Waals surface area contributed by atoms with Gasteiger partial charge in [-0.15, -0.1) is 10.2 Å². The molecular weight excluding hydrogens is 294 g/mol. The van der Waals surface area contributed by atoms with E-state index in [2.05, 4.69) is 20.8 Å². The molecule has 1 aromatic rings. The molecule has 0 spiro atoms. The van der Waals surface area contributed by atoms with E-state index in [1.165, 1.54) is 0 Å². The van der Waals surface area contributed by atoms with Crippen LogP contribution in [0.25, 0.3) is 0 Å². The summed E-state index contributed by atoms with van der Waals surface area (Å²) in [4.78, 5) is 25.1. The quantitative estimate of drug-likeness (QED) is 0.644. The average molecular weight is 315 g/mol. The zero-order chi connectivity index (χ0) is 15.8. The van der Waals surface area contributed by atoms with Gasteiger partial charge in [-0.05, 0) is 27.9 Å². The highest BCUT2D eigenvalue weighted by Crippen LogP contribution is 2.16. The van der Waals surface area contributed by atoms with E-state index in [1.807, 2.05) is 25.9 Å². The van der Waals surface area contributed by atoms with Crippen LogP contribution in [0.3, 0.4) is 0 Å². The maximum Gasteiger partial charge on any atom is 0.277 e. The highest BCUT2D eigenvalue weighted by atomic mass is 32.2. The molecule has 0 saturated carbocycles. The van der Waals surface area contributed by atoms with Crippen molar-refractivity contribution in [3.63, 3.8) is 0 Å². The summed E-state index contributed by atoms with van der Waals surface area (Å²) in [7, 11) is 3.79. The SMILES string of the molecule is CCNC(=O)[C@@H](C)NC(=O)CSc1nnc(CN(C)C)o1. The van der Waals surface area contributed by atoms with E-state index in [0.29, 0.717) is 24.2 Å². The number of carbonyl (C=O) groups is 2. The van der Waals surface area contributed by atoms with Crippen LogP contribution in [-0.2, 0) is 16.1 Å². The zero-order valence-electron chi connectivity index (χ0n) is 12.7. The molecular formula is C12H21N5O3S. The lowest BCUT2D eigenvalue weighted by atomic mass is 10.3. The van der Waals surface area contributed by atoms with E-state index >= 15 is 0 Å². The van der Waals surface area contributed by atoms with Crippen LogP contribution in [0.2, 0.25) is 0 Å². The van der Waals surface area contributed by atoms with Gasteiger partial charge in [-0.1, -0.05) is 11.8 Å². The van der Waals surface area contributed by atoms with Crippen LogP contribution < -0.4 is 10.6 Å². The normalized spacial score (nSPS) is 12.2. The number of amides is 2. The second kappa shape index (κ2) is 8.63. The largest absolute Gasteiger partial charge is 0.415 e. The molecule has 1 atom stereocenters. The number of thioether (sulfide) groups is 1. The molecule has 2 amide bonds. The van der Waals surface area contributed by atoms with Gasteiger partial charge in [-0.2, -0.15) is 0 Å². The summed E-state index contributed by atoms with van der Waals surface area (Å²) in [6, 6.07) is -0.565. The van der Waals surface area contributed by atoms with Gasteiger partial charge in [0.25, 0.3) is 5.22 Å². The third kappa shape index (κ3) is 6.58. The van der Waals surface area contributed by atoms with Crippen molar-refractivity contribution in [2.75, 3.05) is 26.4 Å². The lowest BCUT2D eigenvalue weighted by Gasteiger charge is -2.12. The predicted octanol–water partition coefficient (Wildman–Crippen LogP) is -0.136. The third-order valence-electron chi connectivity index (χ3n) is 2.35. The van der Waals surface area contributed by atoms with Crippen LogP contribution in [0, 0.1) is 0 Å². The van der Waals surface area contributed by atoms with Gasteiger partial charge in [0.15, 0.2) is 0 Å². The Hall–Kier alpha value is -1.61. The molecule has 1 aromatic heterocycles. The summed E-state index contributed by atoms with van der Waals surface area (Å²) in [5.41, 5.74) is 0. The van der Waals surface area contributed by atoms with E-state index < -0.39 is 6.04 Å². The summed E-state index contributed by atoms with van der Waals surface area (Å²) in [6.45, 7) is 4.54. The Morgan fingerprint density at radius 2 is 2.10 bits per heavy atom. The summed E-state index contributed by atoms with van der Waals surface area (Å²) in [5, 5.41) is 13.3. The van der Waals surface area contributed by atoms with Gasteiger partial charge in [0, 0.05) is 6.54 Å². The fourth-order valence-corrected chi connectivity index (χ4v) is 2.03. The third-order valence-corrected chi connectivity index (χ3v) is 3.17. The molecule has 0 fully saturated rings. The van der Waals surface area contributed by atoms with Crippen LogP contribution in [0.4, 0.5) is 0 Å². The Kier molecular flexibility index (Phi) is 7.17. The number of nitrogens with one attached hydrogen (secondary N) is 2. The van der Waals surface area contributed by atoms with Gasteiger partial charge < -0.3 is 20.0 Å².